The first-order valence-electron chi connectivity index (χ1n) is 6.87. The van der Waals surface area contributed by atoms with Crippen molar-refractivity contribution in [2.45, 2.75) is 37.7 Å². The molecule has 10 heteroatoms. The van der Waals surface area contributed by atoms with E-state index in [1.165, 1.54) is 11.8 Å². The van der Waals surface area contributed by atoms with E-state index < -0.39 is 30.2 Å². The third-order valence-electron chi connectivity index (χ3n) is 3.87. The molecule has 1 amide bonds. The molecular formula is C11H23BN3O6-. The molecular weight excluding hydrogens is 281 g/mol. The summed E-state index contributed by atoms with van der Waals surface area (Å²) in [6, 6.07) is -0.745. The standard InChI is InChI=1S/C11H23BN3O6/c1-7(13)9(16)15-5-8(3-2-4-12(19,20)21)11(14,6-15)10(17)18/h7-8,19-21H,2-6,13-14H2,1H3,(H,17,18)/q-1/t7-,8-,11-/m0/s1. The van der Waals surface area contributed by atoms with Gasteiger partial charge in [0.05, 0.1) is 6.04 Å². The number of nitrogens with two attached hydrogens (primary N) is 2. The average molecular weight is 304 g/mol. The summed E-state index contributed by atoms with van der Waals surface area (Å²) in [4.78, 5) is 24.6. The summed E-state index contributed by atoms with van der Waals surface area (Å²) in [5, 5.41) is 36.0. The van der Waals surface area contributed by atoms with E-state index in [1.54, 1.807) is 0 Å². The third kappa shape index (κ3) is 4.38. The molecule has 0 radical (unpaired) electrons. The highest BCUT2D eigenvalue weighted by molar-refractivity contribution is 6.56. The summed E-state index contributed by atoms with van der Waals surface area (Å²) in [7, 11) is 0. The van der Waals surface area contributed by atoms with Crippen LogP contribution in [0.2, 0.25) is 6.32 Å². The van der Waals surface area contributed by atoms with Crippen LogP contribution in [-0.4, -0.2) is 68.4 Å². The van der Waals surface area contributed by atoms with E-state index >= 15 is 0 Å². The van der Waals surface area contributed by atoms with Crippen LogP contribution in [0.1, 0.15) is 19.8 Å². The molecule has 3 atom stereocenters. The second kappa shape index (κ2) is 6.28. The van der Waals surface area contributed by atoms with Gasteiger partial charge in [-0.25, -0.2) is 0 Å². The van der Waals surface area contributed by atoms with Crippen molar-refractivity contribution in [2.24, 2.45) is 17.4 Å². The quantitative estimate of drug-likeness (QED) is 0.287. The molecule has 122 valence electrons. The summed E-state index contributed by atoms with van der Waals surface area (Å²) in [6.45, 7) is -1.89. The van der Waals surface area contributed by atoms with E-state index in [4.69, 9.17) is 26.5 Å². The molecule has 1 aliphatic heterocycles. The zero-order chi connectivity index (χ0) is 16.4. The maximum atomic E-state index is 11.9. The number of carbonyl (C=O) groups is 2. The zero-order valence-corrected chi connectivity index (χ0v) is 12.0. The Bertz CT molecular complexity index is 413. The number of amides is 1. The Morgan fingerprint density at radius 1 is 1.43 bits per heavy atom. The van der Waals surface area contributed by atoms with Gasteiger partial charge in [0.2, 0.25) is 5.91 Å². The molecule has 0 bridgehead atoms. The van der Waals surface area contributed by atoms with Crippen LogP contribution in [0, 0.1) is 5.92 Å². The lowest BCUT2D eigenvalue weighted by atomic mass is 9.72. The van der Waals surface area contributed by atoms with E-state index in [9.17, 15) is 14.7 Å². The van der Waals surface area contributed by atoms with Crippen LogP contribution in [-0.2, 0) is 9.59 Å². The Labute approximate surface area is 122 Å². The SMILES string of the molecule is C[C@H](N)C(=O)N1C[C@H](CCC[B-](O)(O)O)[C@](N)(C(=O)O)C1. The summed E-state index contributed by atoms with van der Waals surface area (Å²) in [5.41, 5.74) is 9.82. The van der Waals surface area contributed by atoms with Crippen LogP contribution < -0.4 is 11.5 Å². The Hall–Kier alpha value is -1.20. The molecule has 1 aliphatic rings. The summed E-state index contributed by atoms with van der Waals surface area (Å²) in [5.74, 6) is -2.14. The van der Waals surface area contributed by atoms with E-state index in [1.807, 2.05) is 0 Å². The zero-order valence-electron chi connectivity index (χ0n) is 12.0. The maximum absolute atomic E-state index is 11.9. The summed E-state index contributed by atoms with van der Waals surface area (Å²) >= 11 is 0. The minimum absolute atomic E-state index is 0.138. The number of likely N-dealkylation sites (tertiary alicyclic amines) is 1. The van der Waals surface area contributed by atoms with E-state index in [0.717, 1.165) is 0 Å². The molecule has 0 aromatic heterocycles. The van der Waals surface area contributed by atoms with E-state index in [-0.39, 0.29) is 38.2 Å². The maximum Gasteiger partial charge on any atom is 0.371 e. The van der Waals surface area contributed by atoms with Crippen molar-refractivity contribution in [2.75, 3.05) is 13.1 Å². The normalized spacial score (nSPS) is 27.7. The summed E-state index contributed by atoms with van der Waals surface area (Å²) in [6.07, 6.45) is 0.157. The van der Waals surface area contributed by atoms with Crippen molar-refractivity contribution in [3.05, 3.63) is 0 Å². The number of rotatable bonds is 6. The minimum atomic E-state index is -3.40. The largest absolute Gasteiger partial charge is 0.560 e. The molecule has 0 aromatic carbocycles. The van der Waals surface area contributed by atoms with Gasteiger partial charge < -0.3 is 36.5 Å². The predicted octanol–water partition coefficient (Wildman–Crippen LogP) is -2.73. The van der Waals surface area contributed by atoms with Crippen molar-refractivity contribution >= 4 is 18.6 Å². The van der Waals surface area contributed by atoms with Crippen molar-refractivity contribution in [3.63, 3.8) is 0 Å². The highest BCUT2D eigenvalue weighted by Gasteiger charge is 2.50. The fourth-order valence-corrected chi connectivity index (χ4v) is 2.62. The third-order valence-corrected chi connectivity index (χ3v) is 3.87. The van der Waals surface area contributed by atoms with Gasteiger partial charge in [-0.15, -0.1) is 0 Å². The molecule has 1 rings (SSSR count). The molecule has 1 heterocycles. The number of hydrogen-bond acceptors (Lipinski definition) is 7. The van der Waals surface area contributed by atoms with Crippen molar-refractivity contribution in [1.29, 1.82) is 0 Å². The predicted molar refractivity (Wildman–Crippen MR) is 74.7 cm³/mol. The van der Waals surface area contributed by atoms with Crippen LogP contribution in [0.25, 0.3) is 0 Å². The molecule has 1 fully saturated rings. The first-order chi connectivity index (χ1) is 9.47. The van der Waals surface area contributed by atoms with Gasteiger partial charge >= 0.3 is 12.7 Å². The van der Waals surface area contributed by atoms with Gasteiger partial charge in [-0.3, -0.25) is 9.59 Å². The highest BCUT2D eigenvalue weighted by Crippen LogP contribution is 2.31. The monoisotopic (exact) mass is 304 g/mol. The van der Waals surface area contributed by atoms with Gasteiger partial charge in [-0.1, -0.05) is 12.7 Å². The summed E-state index contributed by atoms with van der Waals surface area (Å²) < 4.78 is 0. The fraction of sp³-hybridized carbons (Fsp3) is 0.818. The van der Waals surface area contributed by atoms with Crippen LogP contribution in [0.5, 0.6) is 0 Å². The van der Waals surface area contributed by atoms with Gasteiger partial charge in [0.1, 0.15) is 5.54 Å². The lowest BCUT2D eigenvalue weighted by Crippen LogP contribution is -2.55. The number of carboxylic acid groups (broad SMARTS) is 1. The lowest BCUT2D eigenvalue weighted by molar-refractivity contribution is -0.144. The van der Waals surface area contributed by atoms with Crippen LogP contribution in [0.4, 0.5) is 0 Å². The van der Waals surface area contributed by atoms with Gasteiger partial charge in [0, 0.05) is 19.0 Å². The fourth-order valence-electron chi connectivity index (χ4n) is 2.62. The Morgan fingerprint density at radius 3 is 2.43 bits per heavy atom. The molecule has 9 nitrogen and oxygen atoms in total. The van der Waals surface area contributed by atoms with Crippen LogP contribution in [0.3, 0.4) is 0 Å². The average Bonchev–Trinajstić information content (AvgIpc) is 2.66. The van der Waals surface area contributed by atoms with Gasteiger partial charge in [0.25, 0.3) is 0 Å². The number of carbonyl (C=O) groups excluding carboxylic acids is 1. The Kier molecular flexibility index (Phi) is 5.34. The second-order valence-electron chi connectivity index (χ2n) is 5.87. The van der Waals surface area contributed by atoms with Crippen LogP contribution >= 0.6 is 0 Å². The van der Waals surface area contributed by atoms with Crippen molar-refractivity contribution in [3.8, 4) is 0 Å². The number of carboxylic acids is 1. The van der Waals surface area contributed by atoms with Gasteiger partial charge in [-0.05, 0) is 13.3 Å². The number of aliphatic carboxylic acids is 1. The first-order valence-corrected chi connectivity index (χ1v) is 6.87. The van der Waals surface area contributed by atoms with Crippen LogP contribution in [0.15, 0.2) is 0 Å². The second-order valence-corrected chi connectivity index (χ2v) is 5.87. The number of nitrogens with zero attached hydrogens (tertiary/aromatic N) is 1. The van der Waals surface area contributed by atoms with E-state index in [0.29, 0.717) is 0 Å². The van der Waals surface area contributed by atoms with Crippen molar-refractivity contribution in [1.82, 2.24) is 4.90 Å². The minimum Gasteiger partial charge on any atom is -0.560 e. The molecule has 0 unspecified atom stereocenters. The molecule has 8 N–H and O–H groups in total. The topological polar surface area (TPSA) is 170 Å². The molecule has 0 aromatic rings. The first kappa shape index (κ1) is 17.9. The Balaban J connectivity index is 2.75. The van der Waals surface area contributed by atoms with Gasteiger partial charge in [0.15, 0.2) is 0 Å². The molecule has 1 saturated heterocycles. The molecule has 0 spiro atoms. The smallest absolute Gasteiger partial charge is 0.371 e. The molecule has 0 saturated carbocycles. The van der Waals surface area contributed by atoms with E-state index in [2.05, 4.69) is 0 Å². The van der Waals surface area contributed by atoms with Crippen molar-refractivity contribution < 1.29 is 29.8 Å². The highest BCUT2D eigenvalue weighted by atomic mass is 16.5. The number of hydrogen-bond donors (Lipinski definition) is 6. The lowest BCUT2D eigenvalue weighted by Gasteiger charge is -2.27. The molecule has 0 aliphatic carbocycles. The van der Waals surface area contributed by atoms with Gasteiger partial charge in [-0.2, -0.15) is 0 Å². The molecule has 21 heavy (non-hydrogen) atoms. The Morgan fingerprint density at radius 2 is 2.00 bits per heavy atom.